The number of amides is 2. The van der Waals surface area contributed by atoms with E-state index in [2.05, 4.69) is 28.6 Å². The number of anilines is 2. The van der Waals surface area contributed by atoms with E-state index < -0.39 is 0 Å². The minimum absolute atomic E-state index is 0.0315. The molecule has 0 saturated carbocycles. The third-order valence-corrected chi connectivity index (χ3v) is 5.69. The lowest BCUT2D eigenvalue weighted by atomic mass is 9.83. The van der Waals surface area contributed by atoms with Gasteiger partial charge in [0.25, 0.3) is 5.91 Å². The highest BCUT2D eigenvalue weighted by molar-refractivity contribution is 6.01. The molecule has 7 heteroatoms. The van der Waals surface area contributed by atoms with Crippen LogP contribution in [0.25, 0.3) is 0 Å². The van der Waals surface area contributed by atoms with Crippen LogP contribution in [-0.2, 0) is 16.1 Å². The van der Waals surface area contributed by atoms with Crippen LogP contribution in [0.3, 0.4) is 0 Å². The maximum atomic E-state index is 12.5. The predicted octanol–water partition coefficient (Wildman–Crippen LogP) is 3.15. The van der Waals surface area contributed by atoms with Crippen LogP contribution in [0.1, 0.15) is 36.0 Å². The molecule has 1 aromatic heterocycles. The SMILES string of the molecule is CCN1C(=O)COc2cc3c(cc21)NC(=O)CC3c1cccc(Cn2cccn2)c1. The first-order valence-electron chi connectivity index (χ1n) is 10.1. The summed E-state index contributed by atoms with van der Waals surface area (Å²) in [5, 5.41) is 7.25. The van der Waals surface area contributed by atoms with Gasteiger partial charge in [-0.05, 0) is 41.8 Å². The highest BCUT2D eigenvalue weighted by Crippen LogP contribution is 2.44. The van der Waals surface area contributed by atoms with Gasteiger partial charge in [0.15, 0.2) is 6.61 Å². The Morgan fingerprint density at radius 1 is 1.20 bits per heavy atom. The van der Waals surface area contributed by atoms with Crippen LogP contribution in [0.5, 0.6) is 5.75 Å². The highest BCUT2D eigenvalue weighted by atomic mass is 16.5. The zero-order valence-electron chi connectivity index (χ0n) is 16.7. The summed E-state index contributed by atoms with van der Waals surface area (Å²) < 4.78 is 7.60. The number of ether oxygens (including phenoxy) is 1. The van der Waals surface area contributed by atoms with E-state index in [4.69, 9.17) is 4.74 Å². The third-order valence-electron chi connectivity index (χ3n) is 5.69. The zero-order valence-corrected chi connectivity index (χ0v) is 16.7. The Hall–Kier alpha value is -3.61. The first-order chi connectivity index (χ1) is 14.6. The lowest BCUT2D eigenvalue weighted by Crippen LogP contribution is -2.39. The van der Waals surface area contributed by atoms with Gasteiger partial charge in [-0.3, -0.25) is 14.3 Å². The number of hydrogen-bond acceptors (Lipinski definition) is 4. The number of hydrogen-bond donors (Lipinski definition) is 1. The van der Waals surface area contributed by atoms with Crippen molar-refractivity contribution in [3.8, 4) is 5.75 Å². The van der Waals surface area contributed by atoms with E-state index in [0.29, 0.717) is 30.9 Å². The van der Waals surface area contributed by atoms with Gasteiger partial charge in [-0.25, -0.2) is 0 Å². The van der Waals surface area contributed by atoms with Crippen LogP contribution in [-0.4, -0.2) is 34.7 Å². The Balaban J connectivity index is 1.54. The van der Waals surface area contributed by atoms with E-state index in [1.165, 1.54) is 0 Å². The van der Waals surface area contributed by atoms with E-state index in [9.17, 15) is 9.59 Å². The second kappa shape index (κ2) is 7.33. The summed E-state index contributed by atoms with van der Waals surface area (Å²) in [4.78, 5) is 26.4. The number of aromatic nitrogens is 2. The predicted molar refractivity (Wildman–Crippen MR) is 113 cm³/mol. The quantitative estimate of drug-likeness (QED) is 0.727. The molecule has 0 aliphatic carbocycles. The van der Waals surface area contributed by atoms with Crippen molar-refractivity contribution in [1.29, 1.82) is 0 Å². The van der Waals surface area contributed by atoms with Crippen LogP contribution in [0.15, 0.2) is 54.9 Å². The van der Waals surface area contributed by atoms with Gasteiger partial charge in [0, 0.05) is 37.0 Å². The van der Waals surface area contributed by atoms with Gasteiger partial charge in [0.2, 0.25) is 5.91 Å². The van der Waals surface area contributed by atoms with E-state index in [1.54, 1.807) is 11.1 Å². The number of nitrogens with one attached hydrogen (secondary N) is 1. The summed E-state index contributed by atoms with van der Waals surface area (Å²) in [6.07, 6.45) is 4.06. The normalized spacial score (nSPS) is 17.8. The average molecular weight is 402 g/mol. The van der Waals surface area contributed by atoms with Gasteiger partial charge in [-0.15, -0.1) is 0 Å². The average Bonchev–Trinajstić information content (AvgIpc) is 3.25. The van der Waals surface area contributed by atoms with Crippen molar-refractivity contribution in [1.82, 2.24) is 9.78 Å². The molecule has 0 radical (unpaired) electrons. The summed E-state index contributed by atoms with van der Waals surface area (Å²) in [5.74, 6) is 0.503. The van der Waals surface area contributed by atoms with Gasteiger partial charge >= 0.3 is 0 Å². The minimum atomic E-state index is -0.0760. The maximum Gasteiger partial charge on any atom is 0.265 e. The van der Waals surface area contributed by atoms with Crippen molar-refractivity contribution in [2.45, 2.75) is 25.8 Å². The smallest absolute Gasteiger partial charge is 0.265 e. The minimum Gasteiger partial charge on any atom is -0.482 e. The molecule has 1 N–H and O–H groups in total. The number of fused-ring (bicyclic) bond motifs is 2. The Kier molecular flexibility index (Phi) is 4.50. The number of carbonyl (C=O) groups is 2. The van der Waals surface area contributed by atoms with E-state index >= 15 is 0 Å². The van der Waals surface area contributed by atoms with Crippen molar-refractivity contribution < 1.29 is 14.3 Å². The Morgan fingerprint density at radius 2 is 2.10 bits per heavy atom. The molecule has 30 heavy (non-hydrogen) atoms. The molecule has 0 bridgehead atoms. The van der Waals surface area contributed by atoms with Crippen molar-refractivity contribution >= 4 is 23.2 Å². The first kappa shape index (κ1) is 18.4. The van der Waals surface area contributed by atoms with Crippen molar-refractivity contribution in [3.63, 3.8) is 0 Å². The molecule has 3 heterocycles. The molecule has 0 saturated heterocycles. The number of carbonyl (C=O) groups excluding carboxylic acids is 2. The number of benzene rings is 2. The van der Waals surface area contributed by atoms with Crippen molar-refractivity contribution in [3.05, 3.63) is 71.5 Å². The van der Waals surface area contributed by atoms with Crippen LogP contribution in [0.2, 0.25) is 0 Å². The molecule has 2 aromatic carbocycles. The van der Waals surface area contributed by atoms with Gasteiger partial charge in [-0.1, -0.05) is 24.3 Å². The lowest BCUT2D eigenvalue weighted by Gasteiger charge is -2.33. The molecular weight excluding hydrogens is 380 g/mol. The summed E-state index contributed by atoms with van der Waals surface area (Å²) in [6.45, 7) is 3.20. The highest BCUT2D eigenvalue weighted by Gasteiger charge is 2.32. The fraction of sp³-hybridized carbons (Fsp3) is 0.261. The van der Waals surface area contributed by atoms with Crippen molar-refractivity contribution in [2.24, 2.45) is 0 Å². The molecule has 152 valence electrons. The number of likely N-dealkylation sites (N-methyl/N-ethyl adjacent to an activating group) is 1. The number of rotatable bonds is 4. The molecule has 5 rings (SSSR count). The summed E-state index contributed by atoms with van der Waals surface area (Å²) in [6, 6.07) is 14.0. The largest absolute Gasteiger partial charge is 0.482 e. The Labute approximate surface area is 174 Å². The molecule has 1 atom stereocenters. The van der Waals surface area contributed by atoms with Crippen molar-refractivity contribution in [2.75, 3.05) is 23.4 Å². The third kappa shape index (κ3) is 3.22. The van der Waals surface area contributed by atoms with Gasteiger partial charge in [0.05, 0.1) is 12.2 Å². The first-order valence-corrected chi connectivity index (χ1v) is 10.1. The molecule has 2 aliphatic rings. The van der Waals surface area contributed by atoms with Crippen LogP contribution in [0.4, 0.5) is 11.4 Å². The second-order valence-corrected chi connectivity index (χ2v) is 7.59. The second-order valence-electron chi connectivity index (χ2n) is 7.59. The fourth-order valence-corrected chi connectivity index (χ4v) is 4.29. The number of nitrogens with zero attached hydrogens (tertiary/aromatic N) is 3. The van der Waals surface area contributed by atoms with Gasteiger partial charge < -0.3 is 15.0 Å². The van der Waals surface area contributed by atoms with Crippen LogP contribution in [0, 0.1) is 0 Å². The Morgan fingerprint density at radius 3 is 2.90 bits per heavy atom. The van der Waals surface area contributed by atoms with E-state index in [0.717, 1.165) is 22.4 Å². The molecule has 3 aromatic rings. The van der Waals surface area contributed by atoms with Gasteiger partial charge in [0.1, 0.15) is 5.75 Å². The maximum absolute atomic E-state index is 12.5. The van der Waals surface area contributed by atoms with E-state index in [-0.39, 0.29) is 24.3 Å². The fourth-order valence-electron chi connectivity index (χ4n) is 4.29. The Bertz CT molecular complexity index is 1120. The summed E-state index contributed by atoms with van der Waals surface area (Å²) in [7, 11) is 0. The molecule has 0 spiro atoms. The summed E-state index contributed by atoms with van der Waals surface area (Å²) >= 11 is 0. The molecule has 0 fully saturated rings. The lowest BCUT2D eigenvalue weighted by molar-refractivity contribution is -0.121. The topological polar surface area (TPSA) is 76.5 Å². The molecule has 2 aliphatic heterocycles. The molecular formula is C23H22N4O3. The monoisotopic (exact) mass is 402 g/mol. The van der Waals surface area contributed by atoms with Crippen LogP contribution < -0.4 is 15.0 Å². The standard InChI is InChI=1S/C23H22N4O3/c1-2-27-20-12-19-18(10-21(20)30-14-23(27)29)17(11-22(28)25-19)16-6-3-5-15(9-16)13-26-8-4-7-24-26/h3-10,12,17H,2,11,13-14H2,1H3,(H,25,28). The zero-order chi connectivity index (χ0) is 20.7. The van der Waals surface area contributed by atoms with Gasteiger partial charge in [-0.2, -0.15) is 5.10 Å². The molecule has 2 amide bonds. The summed E-state index contributed by atoms with van der Waals surface area (Å²) in [5.41, 5.74) is 4.66. The molecule has 1 unspecified atom stereocenters. The van der Waals surface area contributed by atoms with Crippen LogP contribution >= 0.6 is 0 Å². The molecule has 7 nitrogen and oxygen atoms in total. The van der Waals surface area contributed by atoms with E-state index in [1.807, 2.05) is 42.1 Å².